The molecule has 0 aromatic heterocycles. The molecule has 2 saturated carbocycles. The van der Waals surface area contributed by atoms with Crippen LogP contribution in [0.1, 0.15) is 19.8 Å². The lowest BCUT2D eigenvalue weighted by molar-refractivity contribution is -0.145. The Hall–Kier alpha value is -1.32. The number of hydrogen-bond donors (Lipinski definition) is 1. The average molecular weight is 221 g/mol. The van der Waals surface area contributed by atoms with E-state index < -0.39 is 5.54 Å². The summed E-state index contributed by atoms with van der Waals surface area (Å²) in [4.78, 5) is 23.0. The maximum absolute atomic E-state index is 11.6. The normalized spacial score (nSPS) is 47.9. The van der Waals surface area contributed by atoms with Gasteiger partial charge in [-0.3, -0.25) is 9.59 Å². The van der Waals surface area contributed by atoms with E-state index in [9.17, 15) is 9.59 Å². The molecule has 86 valence electrons. The molecule has 0 spiro atoms. The Morgan fingerprint density at radius 1 is 1.62 bits per heavy atom. The zero-order valence-corrected chi connectivity index (χ0v) is 9.23. The first kappa shape index (κ1) is 9.87. The van der Waals surface area contributed by atoms with Crippen LogP contribution in [0, 0.1) is 17.8 Å². The number of hydrogen-bond acceptors (Lipinski definition) is 3. The van der Waals surface area contributed by atoms with Gasteiger partial charge in [-0.2, -0.15) is 0 Å². The minimum atomic E-state index is -0.390. The predicted octanol–water partition coefficient (Wildman–Crippen LogP) is 0.629. The van der Waals surface area contributed by atoms with E-state index in [0.29, 0.717) is 11.8 Å². The number of amides is 1. The lowest BCUT2D eigenvalue weighted by Crippen LogP contribution is -2.57. The molecule has 5 unspecified atom stereocenters. The molecule has 2 bridgehead atoms. The molecule has 1 saturated heterocycles. The van der Waals surface area contributed by atoms with Gasteiger partial charge >= 0.3 is 5.97 Å². The van der Waals surface area contributed by atoms with Gasteiger partial charge in [-0.25, -0.2) is 0 Å². The maximum atomic E-state index is 11.6. The lowest BCUT2D eigenvalue weighted by Gasteiger charge is -2.37. The Labute approximate surface area is 94.0 Å². The summed E-state index contributed by atoms with van der Waals surface area (Å²) in [7, 11) is 0. The summed E-state index contributed by atoms with van der Waals surface area (Å²) in [5.41, 5.74) is -0.390. The van der Waals surface area contributed by atoms with Crippen LogP contribution in [0.3, 0.4) is 0 Å². The molecule has 4 nitrogen and oxygen atoms in total. The zero-order valence-electron chi connectivity index (χ0n) is 9.23. The minimum absolute atomic E-state index is 0.0749. The van der Waals surface area contributed by atoms with Crippen LogP contribution in [0.25, 0.3) is 0 Å². The summed E-state index contributed by atoms with van der Waals surface area (Å²) in [6.45, 7) is 5.44. The first-order valence-electron chi connectivity index (χ1n) is 5.71. The first-order chi connectivity index (χ1) is 7.56. The second kappa shape index (κ2) is 2.87. The molecule has 16 heavy (non-hydrogen) atoms. The summed E-state index contributed by atoms with van der Waals surface area (Å²) in [5, 5.41) is 2.95. The van der Waals surface area contributed by atoms with E-state index in [1.807, 2.05) is 6.92 Å². The molecule has 1 N–H and O–H groups in total. The van der Waals surface area contributed by atoms with Crippen LogP contribution >= 0.6 is 0 Å². The van der Waals surface area contributed by atoms with Crippen LogP contribution in [0.15, 0.2) is 12.7 Å². The summed E-state index contributed by atoms with van der Waals surface area (Å²) in [6.07, 6.45) is 2.99. The van der Waals surface area contributed by atoms with Gasteiger partial charge in [0.1, 0.15) is 6.10 Å². The number of carbonyl (C=O) groups is 2. The predicted molar refractivity (Wildman–Crippen MR) is 56.3 cm³/mol. The van der Waals surface area contributed by atoms with Crippen molar-refractivity contribution in [2.75, 3.05) is 0 Å². The fourth-order valence-corrected chi connectivity index (χ4v) is 3.75. The Balaban J connectivity index is 1.90. The summed E-state index contributed by atoms with van der Waals surface area (Å²) in [5.74, 6) is 0.503. The molecule has 1 aliphatic heterocycles. The van der Waals surface area contributed by atoms with Crippen LogP contribution in [0.2, 0.25) is 0 Å². The van der Waals surface area contributed by atoms with Crippen molar-refractivity contribution in [3.8, 4) is 0 Å². The van der Waals surface area contributed by atoms with E-state index in [4.69, 9.17) is 4.74 Å². The zero-order chi connectivity index (χ0) is 11.5. The minimum Gasteiger partial charge on any atom is -0.459 e. The van der Waals surface area contributed by atoms with E-state index >= 15 is 0 Å². The van der Waals surface area contributed by atoms with Crippen LogP contribution in [-0.2, 0) is 14.3 Å². The molecule has 0 aromatic rings. The van der Waals surface area contributed by atoms with E-state index in [1.165, 1.54) is 6.08 Å². The van der Waals surface area contributed by atoms with E-state index in [-0.39, 0.29) is 23.9 Å². The Morgan fingerprint density at radius 3 is 3.06 bits per heavy atom. The number of fused-ring (bicyclic) bond motifs is 1. The van der Waals surface area contributed by atoms with Crippen LogP contribution in [-0.4, -0.2) is 23.5 Å². The molecule has 1 heterocycles. The Morgan fingerprint density at radius 2 is 2.38 bits per heavy atom. The van der Waals surface area contributed by atoms with Crippen LogP contribution < -0.4 is 5.32 Å². The topological polar surface area (TPSA) is 55.4 Å². The second-order valence-electron chi connectivity index (χ2n) is 5.27. The summed E-state index contributed by atoms with van der Waals surface area (Å²) < 4.78 is 5.41. The Kier molecular flexibility index (Phi) is 1.77. The third kappa shape index (κ3) is 0.996. The smallest absolute Gasteiger partial charge is 0.309 e. The van der Waals surface area contributed by atoms with Crippen molar-refractivity contribution in [3.63, 3.8) is 0 Å². The molecule has 3 rings (SSSR count). The average Bonchev–Trinajstić information content (AvgIpc) is 2.83. The van der Waals surface area contributed by atoms with Gasteiger partial charge in [-0.05, 0) is 31.8 Å². The van der Waals surface area contributed by atoms with E-state index in [1.54, 1.807) is 0 Å². The second-order valence-corrected chi connectivity index (χ2v) is 5.27. The third-order valence-corrected chi connectivity index (χ3v) is 4.56. The molecular formula is C12H15NO3. The van der Waals surface area contributed by atoms with E-state index in [0.717, 1.165) is 12.8 Å². The van der Waals surface area contributed by atoms with Crippen molar-refractivity contribution in [3.05, 3.63) is 12.7 Å². The van der Waals surface area contributed by atoms with Gasteiger partial charge in [0.05, 0.1) is 11.5 Å². The van der Waals surface area contributed by atoms with Gasteiger partial charge in [0, 0.05) is 5.92 Å². The summed E-state index contributed by atoms with van der Waals surface area (Å²) in [6, 6.07) is 0. The van der Waals surface area contributed by atoms with Gasteiger partial charge < -0.3 is 10.1 Å². The monoisotopic (exact) mass is 221 g/mol. The molecular weight excluding hydrogens is 206 g/mol. The van der Waals surface area contributed by atoms with Crippen LogP contribution in [0.4, 0.5) is 0 Å². The van der Waals surface area contributed by atoms with Crippen molar-refractivity contribution in [2.24, 2.45) is 17.8 Å². The van der Waals surface area contributed by atoms with Crippen molar-refractivity contribution in [1.29, 1.82) is 0 Å². The quantitative estimate of drug-likeness (QED) is 0.549. The number of nitrogens with one attached hydrogen (secondary N) is 1. The van der Waals surface area contributed by atoms with Crippen LogP contribution in [0.5, 0.6) is 0 Å². The van der Waals surface area contributed by atoms with Crippen molar-refractivity contribution < 1.29 is 14.3 Å². The number of ether oxygens (including phenoxy) is 1. The lowest BCUT2D eigenvalue weighted by atomic mass is 9.77. The fourth-order valence-electron chi connectivity index (χ4n) is 3.75. The SMILES string of the molecule is C=CC(=O)NC1(C)C2CC3C(=O)OC1C3C2. The van der Waals surface area contributed by atoms with Crippen molar-refractivity contribution in [1.82, 2.24) is 5.32 Å². The number of carbonyl (C=O) groups excluding carboxylic acids is 2. The maximum Gasteiger partial charge on any atom is 0.309 e. The largest absolute Gasteiger partial charge is 0.459 e. The first-order valence-corrected chi connectivity index (χ1v) is 5.71. The van der Waals surface area contributed by atoms with Gasteiger partial charge in [0.15, 0.2) is 0 Å². The van der Waals surface area contributed by atoms with Gasteiger partial charge in [0.25, 0.3) is 0 Å². The fraction of sp³-hybridized carbons (Fsp3) is 0.667. The molecule has 3 fully saturated rings. The summed E-state index contributed by atoms with van der Waals surface area (Å²) >= 11 is 0. The molecule has 2 aliphatic carbocycles. The molecule has 0 aromatic carbocycles. The van der Waals surface area contributed by atoms with E-state index in [2.05, 4.69) is 11.9 Å². The highest BCUT2D eigenvalue weighted by molar-refractivity contribution is 5.88. The number of esters is 1. The van der Waals surface area contributed by atoms with Crippen molar-refractivity contribution >= 4 is 11.9 Å². The highest BCUT2D eigenvalue weighted by Gasteiger charge is 2.67. The van der Waals surface area contributed by atoms with Crippen molar-refractivity contribution in [2.45, 2.75) is 31.4 Å². The highest BCUT2D eigenvalue weighted by Crippen LogP contribution is 2.58. The van der Waals surface area contributed by atoms with Gasteiger partial charge in [-0.15, -0.1) is 0 Å². The standard InChI is InChI=1S/C12H15NO3/c1-3-9(14)13-12(2)6-4-7-8(5-6)11(15)16-10(7)12/h3,6-8,10H,1,4-5H2,2H3,(H,13,14). The molecule has 3 aliphatic rings. The Bertz CT molecular complexity index is 392. The van der Waals surface area contributed by atoms with Gasteiger partial charge in [-0.1, -0.05) is 6.58 Å². The van der Waals surface area contributed by atoms with Gasteiger partial charge in [0.2, 0.25) is 5.91 Å². The third-order valence-electron chi connectivity index (χ3n) is 4.56. The number of rotatable bonds is 2. The molecule has 0 radical (unpaired) electrons. The molecule has 4 heteroatoms. The molecule has 5 atom stereocenters. The molecule has 1 amide bonds. The highest BCUT2D eigenvalue weighted by atomic mass is 16.6.